The summed E-state index contributed by atoms with van der Waals surface area (Å²) in [5.41, 5.74) is 0.813. The highest BCUT2D eigenvalue weighted by Crippen LogP contribution is 2.06. The summed E-state index contributed by atoms with van der Waals surface area (Å²) in [6, 6.07) is 5.64. The van der Waals surface area contributed by atoms with Gasteiger partial charge in [-0.05, 0) is 42.4 Å². The summed E-state index contributed by atoms with van der Waals surface area (Å²) in [7, 11) is 0. The van der Waals surface area contributed by atoms with Gasteiger partial charge < -0.3 is 5.32 Å². The minimum Gasteiger partial charge on any atom is -0.317 e. The first kappa shape index (κ1) is 15.5. The van der Waals surface area contributed by atoms with E-state index >= 15 is 0 Å². The van der Waals surface area contributed by atoms with Gasteiger partial charge in [0.2, 0.25) is 0 Å². The van der Waals surface area contributed by atoms with Crippen LogP contribution in [0.1, 0.15) is 39.5 Å². The topological polar surface area (TPSA) is 49.1 Å². The summed E-state index contributed by atoms with van der Waals surface area (Å²) in [5, 5.41) is 16.2. The minimum absolute atomic E-state index is 0.794. The Hall–Kier alpha value is -1.55. The second-order valence-electron chi connectivity index (χ2n) is 4.53. The van der Waals surface area contributed by atoms with Gasteiger partial charge >= 0.3 is 0 Å². The fourth-order valence-corrected chi connectivity index (χ4v) is 1.62. The second-order valence-corrected chi connectivity index (χ2v) is 4.53. The Labute approximate surface area is 115 Å². The first-order valence-corrected chi connectivity index (χ1v) is 7.07. The summed E-state index contributed by atoms with van der Waals surface area (Å²) in [6.45, 7) is 10.6. The van der Waals surface area contributed by atoms with Crippen LogP contribution in [0.25, 0.3) is 6.58 Å². The highest BCUT2D eigenvalue weighted by Gasteiger charge is 1.98. The van der Waals surface area contributed by atoms with Crippen LogP contribution < -0.4 is 15.9 Å². The molecule has 0 fully saturated rings. The van der Waals surface area contributed by atoms with Gasteiger partial charge in [0.25, 0.3) is 0 Å². The van der Waals surface area contributed by atoms with E-state index in [1.165, 1.54) is 38.8 Å². The van der Waals surface area contributed by atoms with Crippen molar-refractivity contribution in [2.75, 3.05) is 13.1 Å². The van der Waals surface area contributed by atoms with E-state index < -0.39 is 0 Å². The highest BCUT2D eigenvalue weighted by atomic mass is 15.4. The van der Waals surface area contributed by atoms with Gasteiger partial charge in [0.15, 0.2) is 0 Å². The average Bonchev–Trinajstić information content (AvgIpc) is 2.89. The normalized spacial score (nSPS) is 11.5. The van der Waals surface area contributed by atoms with Crippen LogP contribution in [0.2, 0.25) is 0 Å². The second kappa shape index (κ2) is 9.39. The van der Waals surface area contributed by atoms with Crippen LogP contribution in [-0.2, 0) is 0 Å². The fourth-order valence-electron chi connectivity index (χ4n) is 1.62. The number of hydrogen-bond acceptors (Lipinski definition) is 4. The van der Waals surface area contributed by atoms with E-state index in [1.54, 1.807) is 0 Å². The zero-order valence-corrected chi connectivity index (χ0v) is 12.0. The number of benzene rings is 1. The minimum atomic E-state index is 0.794. The predicted octanol–water partition coefficient (Wildman–Crippen LogP) is 2.91. The molecule has 1 heterocycles. The molecule has 4 heteroatoms. The number of nitrogens with one attached hydrogen (secondary N) is 1. The monoisotopic (exact) mass is 260 g/mol. The molecule has 0 radical (unpaired) electrons. The number of nitrogens with zero attached hydrogens (tertiary/aromatic N) is 3. The van der Waals surface area contributed by atoms with Crippen molar-refractivity contribution in [3.8, 4) is 0 Å². The molecule has 2 rings (SSSR count). The van der Waals surface area contributed by atoms with Crippen LogP contribution in [0, 0.1) is 0 Å². The summed E-state index contributed by atoms with van der Waals surface area (Å²) in [6.07, 6.45) is 5.26. The maximum atomic E-state index is 3.79. The maximum absolute atomic E-state index is 3.79. The first-order valence-electron chi connectivity index (χ1n) is 7.07. The van der Waals surface area contributed by atoms with Gasteiger partial charge in [-0.2, -0.15) is 0 Å². The van der Waals surface area contributed by atoms with E-state index in [1.807, 2.05) is 18.2 Å². The van der Waals surface area contributed by atoms with Crippen LogP contribution in [0.15, 0.2) is 33.6 Å². The summed E-state index contributed by atoms with van der Waals surface area (Å²) < 4.78 is 0. The SMILES string of the molecule is C=c1cccc2c1=NN=N2.CCCCNCCCC. The van der Waals surface area contributed by atoms with E-state index in [2.05, 4.69) is 41.2 Å². The third kappa shape index (κ3) is 5.75. The molecule has 0 saturated carbocycles. The van der Waals surface area contributed by atoms with Crippen molar-refractivity contribution in [3.63, 3.8) is 0 Å². The molecule has 1 N–H and O–H groups in total. The molecule has 1 aliphatic rings. The lowest BCUT2D eigenvalue weighted by atomic mass is 10.3. The van der Waals surface area contributed by atoms with Gasteiger partial charge in [0.05, 0.1) is 0 Å². The van der Waals surface area contributed by atoms with Crippen LogP contribution in [-0.4, -0.2) is 13.1 Å². The summed E-state index contributed by atoms with van der Waals surface area (Å²) >= 11 is 0. The van der Waals surface area contributed by atoms with Gasteiger partial charge in [0, 0.05) is 0 Å². The molecule has 0 spiro atoms. The molecule has 1 aromatic carbocycles. The third-order valence-corrected chi connectivity index (χ3v) is 2.81. The van der Waals surface area contributed by atoms with Crippen molar-refractivity contribution in [1.82, 2.24) is 5.32 Å². The molecule has 1 aromatic rings. The predicted molar refractivity (Wildman–Crippen MR) is 79.9 cm³/mol. The Morgan fingerprint density at radius 1 is 1.11 bits per heavy atom. The third-order valence-electron chi connectivity index (χ3n) is 2.81. The van der Waals surface area contributed by atoms with Gasteiger partial charge in [0.1, 0.15) is 11.0 Å². The Bertz CT molecular complexity index is 487. The molecule has 4 nitrogen and oxygen atoms in total. The molecule has 0 aromatic heterocycles. The zero-order valence-electron chi connectivity index (χ0n) is 12.0. The molecule has 0 aliphatic carbocycles. The molecular weight excluding hydrogens is 236 g/mol. The van der Waals surface area contributed by atoms with Gasteiger partial charge in [-0.3, -0.25) is 0 Å². The van der Waals surface area contributed by atoms with E-state index in [0.29, 0.717) is 0 Å². The number of rotatable bonds is 6. The largest absolute Gasteiger partial charge is 0.317 e. The Balaban J connectivity index is 0.000000192. The molecular formula is C15H24N4. The van der Waals surface area contributed by atoms with Crippen molar-refractivity contribution in [2.45, 2.75) is 39.5 Å². The molecule has 0 atom stereocenters. The van der Waals surface area contributed by atoms with Gasteiger partial charge in [-0.1, -0.05) is 45.4 Å². The number of fused-ring (bicyclic) bond motifs is 1. The molecule has 104 valence electrons. The Kier molecular flexibility index (Phi) is 7.66. The average molecular weight is 260 g/mol. The van der Waals surface area contributed by atoms with Crippen molar-refractivity contribution < 1.29 is 0 Å². The van der Waals surface area contributed by atoms with Crippen molar-refractivity contribution in [2.24, 2.45) is 15.4 Å². The molecule has 0 unspecified atom stereocenters. The van der Waals surface area contributed by atoms with E-state index in [0.717, 1.165) is 16.3 Å². The molecule has 0 saturated heterocycles. The van der Waals surface area contributed by atoms with Crippen molar-refractivity contribution >= 4 is 12.3 Å². The number of hydrogen-bond donors (Lipinski definition) is 1. The van der Waals surface area contributed by atoms with Crippen LogP contribution >= 0.6 is 0 Å². The van der Waals surface area contributed by atoms with Crippen LogP contribution in [0.4, 0.5) is 5.69 Å². The summed E-state index contributed by atoms with van der Waals surface area (Å²) in [5.74, 6) is 0. The molecule has 19 heavy (non-hydrogen) atoms. The highest BCUT2D eigenvalue weighted by molar-refractivity contribution is 5.37. The van der Waals surface area contributed by atoms with E-state index in [4.69, 9.17) is 0 Å². The smallest absolute Gasteiger partial charge is 0.122 e. The molecule has 0 bridgehead atoms. The van der Waals surface area contributed by atoms with Crippen molar-refractivity contribution in [1.29, 1.82) is 0 Å². The quantitative estimate of drug-likeness (QED) is 0.785. The van der Waals surface area contributed by atoms with Crippen LogP contribution in [0.3, 0.4) is 0 Å². The van der Waals surface area contributed by atoms with Gasteiger partial charge in [-0.15, -0.1) is 10.2 Å². The van der Waals surface area contributed by atoms with Crippen molar-refractivity contribution in [3.05, 3.63) is 28.8 Å². The molecule has 0 amide bonds. The first-order chi connectivity index (χ1) is 9.29. The Morgan fingerprint density at radius 3 is 2.37 bits per heavy atom. The standard InChI is InChI=1S/C8H19N.C7H5N3/c1-3-5-7-9-8-6-4-2;1-5-3-2-4-6-7(5)9-10-8-6/h9H,3-8H2,1-2H3;2-4H,1H2. The lowest BCUT2D eigenvalue weighted by Crippen LogP contribution is -2.20. The Morgan fingerprint density at radius 2 is 1.79 bits per heavy atom. The zero-order chi connectivity index (χ0) is 13.9. The van der Waals surface area contributed by atoms with E-state index in [9.17, 15) is 0 Å². The molecule has 1 aliphatic heterocycles. The van der Waals surface area contributed by atoms with Crippen LogP contribution in [0.5, 0.6) is 0 Å². The maximum Gasteiger partial charge on any atom is 0.122 e. The lowest BCUT2D eigenvalue weighted by molar-refractivity contribution is 0.611. The summed E-state index contributed by atoms with van der Waals surface area (Å²) in [4.78, 5) is 0. The van der Waals surface area contributed by atoms with Gasteiger partial charge in [-0.25, -0.2) is 0 Å². The number of unbranched alkanes of at least 4 members (excludes halogenated alkanes) is 2. The fraction of sp³-hybridized carbons (Fsp3) is 0.533. The van der Waals surface area contributed by atoms with E-state index in [-0.39, 0.29) is 0 Å². The lowest BCUT2D eigenvalue weighted by Gasteiger charge is -1.99.